The smallest absolute Gasteiger partial charge is 0.335 e. The standard InChI is InChI=1S/C26H34N2O6S/c1-5-6-20-9-12-25-23(13-20)34-24(18(2)14-28(19(3)17-29)35(25,32)33)16-27(4)15-21-7-10-22(11-8-21)26(30)31/h5-13,18-19,24,29H,14-17H2,1-4H3,(H,30,31)/t18-,19+,24+/m1/s1. The van der Waals surface area contributed by atoms with Crippen LogP contribution in [0.25, 0.3) is 6.08 Å². The molecule has 9 heteroatoms. The van der Waals surface area contributed by atoms with E-state index in [9.17, 15) is 18.3 Å². The van der Waals surface area contributed by atoms with E-state index in [0.29, 0.717) is 18.8 Å². The van der Waals surface area contributed by atoms with Crippen LogP contribution in [0, 0.1) is 5.92 Å². The molecule has 3 atom stereocenters. The fraction of sp³-hybridized carbons (Fsp3) is 0.423. The predicted octanol–water partition coefficient (Wildman–Crippen LogP) is 3.32. The van der Waals surface area contributed by atoms with Crippen LogP contribution in [-0.4, -0.2) is 72.7 Å². The lowest BCUT2D eigenvalue weighted by molar-refractivity contribution is 0.0697. The zero-order chi connectivity index (χ0) is 25.8. The van der Waals surface area contributed by atoms with E-state index in [-0.39, 0.29) is 35.6 Å². The fourth-order valence-electron chi connectivity index (χ4n) is 4.19. The van der Waals surface area contributed by atoms with Crippen LogP contribution in [0.4, 0.5) is 0 Å². The molecule has 2 aromatic rings. The second-order valence-electron chi connectivity index (χ2n) is 9.14. The maximum absolute atomic E-state index is 13.5. The first-order valence-electron chi connectivity index (χ1n) is 11.6. The van der Waals surface area contributed by atoms with Crippen LogP contribution in [0.5, 0.6) is 5.75 Å². The van der Waals surface area contributed by atoms with Crippen molar-refractivity contribution in [2.45, 2.75) is 44.4 Å². The molecule has 3 rings (SSSR count). The summed E-state index contributed by atoms with van der Waals surface area (Å²) in [4.78, 5) is 13.3. The van der Waals surface area contributed by atoms with Gasteiger partial charge in [-0.1, -0.05) is 37.3 Å². The first-order chi connectivity index (χ1) is 16.6. The molecule has 0 unspecified atom stereocenters. The number of sulfonamides is 1. The van der Waals surface area contributed by atoms with Gasteiger partial charge in [0.2, 0.25) is 10.0 Å². The molecule has 2 aromatic carbocycles. The Bertz CT molecular complexity index is 1160. The summed E-state index contributed by atoms with van der Waals surface area (Å²) in [5, 5.41) is 18.9. The number of likely N-dealkylation sites (N-methyl/N-ethyl adjacent to an activating group) is 1. The molecule has 1 aliphatic rings. The second kappa shape index (κ2) is 11.3. The molecule has 0 bridgehead atoms. The SMILES string of the molecule is CC=Cc1ccc2c(c1)O[C@@H](CN(C)Cc1ccc(C(=O)O)cc1)[C@H](C)CN([C@@H](C)CO)S2(=O)=O. The number of ether oxygens (including phenoxy) is 1. The Morgan fingerprint density at radius 2 is 1.94 bits per heavy atom. The average Bonchev–Trinajstić information content (AvgIpc) is 2.81. The van der Waals surface area contributed by atoms with E-state index in [4.69, 9.17) is 9.84 Å². The lowest BCUT2D eigenvalue weighted by Gasteiger charge is -2.37. The molecule has 1 heterocycles. The summed E-state index contributed by atoms with van der Waals surface area (Å²) >= 11 is 0. The number of carboxylic acid groups (broad SMARTS) is 1. The summed E-state index contributed by atoms with van der Waals surface area (Å²) in [7, 11) is -1.92. The molecule has 2 N–H and O–H groups in total. The quantitative estimate of drug-likeness (QED) is 0.570. The molecule has 1 aliphatic heterocycles. The minimum absolute atomic E-state index is 0.0925. The summed E-state index contributed by atoms with van der Waals surface area (Å²) in [6, 6.07) is 11.2. The predicted molar refractivity (Wildman–Crippen MR) is 135 cm³/mol. The molecule has 0 saturated carbocycles. The van der Waals surface area contributed by atoms with Gasteiger partial charge in [0.1, 0.15) is 16.7 Å². The van der Waals surface area contributed by atoms with Crippen LogP contribution in [0.2, 0.25) is 0 Å². The van der Waals surface area contributed by atoms with Crippen LogP contribution in [-0.2, 0) is 16.6 Å². The molecule has 35 heavy (non-hydrogen) atoms. The molecule has 0 fully saturated rings. The third kappa shape index (κ3) is 6.29. The summed E-state index contributed by atoms with van der Waals surface area (Å²) in [5.74, 6) is -0.824. The molecule has 0 radical (unpaired) electrons. The molecule has 0 aromatic heterocycles. The van der Waals surface area contributed by atoms with Gasteiger partial charge in [-0.3, -0.25) is 4.90 Å². The molecule has 0 saturated heterocycles. The van der Waals surface area contributed by atoms with E-state index in [2.05, 4.69) is 4.90 Å². The topological polar surface area (TPSA) is 107 Å². The van der Waals surface area contributed by atoms with Gasteiger partial charge in [-0.2, -0.15) is 4.31 Å². The van der Waals surface area contributed by atoms with Gasteiger partial charge in [0.25, 0.3) is 0 Å². The Morgan fingerprint density at radius 3 is 2.54 bits per heavy atom. The molecule has 8 nitrogen and oxygen atoms in total. The van der Waals surface area contributed by atoms with E-state index < -0.39 is 22.0 Å². The average molecular weight is 503 g/mol. The Labute approximate surface area is 207 Å². The minimum Gasteiger partial charge on any atom is -0.487 e. The highest BCUT2D eigenvalue weighted by Gasteiger charge is 2.38. The van der Waals surface area contributed by atoms with Gasteiger partial charge in [-0.05, 0) is 56.3 Å². The van der Waals surface area contributed by atoms with Crippen LogP contribution < -0.4 is 4.74 Å². The van der Waals surface area contributed by atoms with Crippen molar-refractivity contribution in [1.82, 2.24) is 9.21 Å². The number of carboxylic acids is 1. The zero-order valence-corrected chi connectivity index (χ0v) is 21.4. The third-order valence-electron chi connectivity index (χ3n) is 6.20. The van der Waals surface area contributed by atoms with Gasteiger partial charge >= 0.3 is 5.97 Å². The fourth-order valence-corrected chi connectivity index (χ4v) is 6.02. The Hall–Kier alpha value is -2.72. The number of aliphatic hydroxyl groups is 1. The van der Waals surface area contributed by atoms with Crippen LogP contribution in [0.1, 0.15) is 42.3 Å². The van der Waals surface area contributed by atoms with Gasteiger partial charge in [0, 0.05) is 31.6 Å². The molecule has 190 valence electrons. The number of aliphatic hydroxyl groups excluding tert-OH is 1. The van der Waals surface area contributed by atoms with Crippen LogP contribution in [0.3, 0.4) is 0 Å². The Morgan fingerprint density at radius 1 is 1.26 bits per heavy atom. The van der Waals surface area contributed by atoms with E-state index >= 15 is 0 Å². The van der Waals surface area contributed by atoms with Gasteiger partial charge in [-0.25, -0.2) is 13.2 Å². The van der Waals surface area contributed by atoms with Gasteiger partial charge < -0.3 is 14.9 Å². The number of rotatable bonds is 8. The van der Waals surface area contributed by atoms with E-state index in [1.54, 1.807) is 49.4 Å². The second-order valence-corrected chi connectivity index (χ2v) is 11.0. The van der Waals surface area contributed by atoms with Crippen molar-refractivity contribution in [2.75, 3.05) is 26.7 Å². The lowest BCUT2D eigenvalue weighted by Crippen LogP contribution is -2.49. The van der Waals surface area contributed by atoms with Gasteiger partial charge in [0.05, 0.1) is 12.2 Å². The molecule has 0 amide bonds. The number of carbonyl (C=O) groups is 1. The number of hydrogen-bond donors (Lipinski definition) is 2. The summed E-state index contributed by atoms with van der Waals surface area (Å²) in [6.07, 6.45) is 3.44. The van der Waals surface area contributed by atoms with Crippen molar-refractivity contribution in [3.05, 3.63) is 65.2 Å². The molecule has 0 spiro atoms. The van der Waals surface area contributed by atoms with E-state index in [1.165, 1.54) is 4.31 Å². The summed E-state index contributed by atoms with van der Waals surface area (Å²) in [6.45, 7) is 6.57. The Balaban J connectivity index is 1.91. The summed E-state index contributed by atoms with van der Waals surface area (Å²) in [5.41, 5.74) is 2.04. The summed E-state index contributed by atoms with van der Waals surface area (Å²) < 4.78 is 34.7. The number of allylic oxidation sites excluding steroid dienone is 1. The van der Waals surface area contributed by atoms with E-state index in [0.717, 1.165) is 11.1 Å². The lowest BCUT2D eigenvalue weighted by atomic mass is 10.0. The van der Waals surface area contributed by atoms with Crippen LogP contribution in [0.15, 0.2) is 53.4 Å². The highest BCUT2D eigenvalue weighted by atomic mass is 32.2. The monoisotopic (exact) mass is 502 g/mol. The first kappa shape index (κ1) is 26.9. The van der Waals surface area contributed by atoms with Crippen LogP contribution >= 0.6 is 0 Å². The van der Waals surface area contributed by atoms with Crippen molar-refractivity contribution < 1.29 is 28.2 Å². The Kier molecular flexibility index (Phi) is 8.71. The van der Waals surface area contributed by atoms with Crippen molar-refractivity contribution >= 4 is 22.1 Å². The van der Waals surface area contributed by atoms with E-state index in [1.807, 2.05) is 33.0 Å². The third-order valence-corrected chi connectivity index (χ3v) is 8.21. The highest BCUT2D eigenvalue weighted by molar-refractivity contribution is 7.89. The number of nitrogens with zero attached hydrogens (tertiary/aromatic N) is 2. The van der Waals surface area contributed by atoms with Crippen molar-refractivity contribution in [1.29, 1.82) is 0 Å². The van der Waals surface area contributed by atoms with Gasteiger partial charge in [-0.15, -0.1) is 0 Å². The largest absolute Gasteiger partial charge is 0.487 e. The molecular weight excluding hydrogens is 468 g/mol. The minimum atomic E-state index is -3.87. The number of fused-ring (bicyclic) bond motifs is 1. The van der Waals surface area contributed by atoms with Crippen molar-refractivity contribution in [3.8, 4) is 5.75 Å². The number of hydrogen-bond acceptors (Lipinski definition) is 6. The maximum Gasteiger partial charge on any atom is 0.335 e. The highest BCUT2D eigenvalue weighted by Crippen LogP contribution is 2.34. The first-order valence-corrected chi connectivity index (χ1v) is 13.1. The zero-order valence-electron chi connectivity index (χ0n) is 20.6. The van der Waals surface area contributed by atoms with Crippen molar-refractivity contribution in [3.63, 3.8) is 0 Å². The number of benzene rings is 2. The van der Waals surface area contributed by atoms with Crippen molar-refractivity contribution in [2.24, 2.45) is 5.92 Å². The molecular formula is C26H34N2O6S. The molecule has 0 aliphatic carbocycles. The van der Waals surface area contributed by atoms with Gasteiger partial charge in [0.15, 0.2) is 0 Å². The number of aromatic carboxylic acids is 1. The normalized spacial score (nSPS) is 21.2. The maximum atomic E-state index is 13.5.